The van der Waals surface area contributed by atoms with Crippen molar-refractivity contribution in [1.29, 1.82) is 0 Å². The van der Waals surface area contributed by atoms with Crippen LogP contribution in [-0.4, -0.2) is 26.9 Å². The predicted molar refractivity (Wildman–Crippen MR) is 60.7 cm³/mol. The van der Waals surface area contributed by atoms with Gasteiger partial charge in [0.05, 0.1) is 5.69 Å². The van der Waals surface area contributed by atoms with Gasteiger partial charge in [-0.2, -0.15) is 0 Å². The highest BCUT2D eigenvalue weighted by Crippen LogP contribution is 2.29. The van der Waals surface area contributed by atoms with Gasteiger partial charge in [-0.25, -0.2) is 0 Å². The zero-order chi connectivity index (χ0) is 14.3. The molecule has 1 aromatic carbocycles. The van der Waals surface area contributed by atoms with E-state index < -0.39 is 12.1 Å². The van der Waals surface area contributed by atoms with E-state index in [0.29, 0.717) is 17.9 Å². The quantitative estimate of drug-likeness (QED) is 0.805. The van der Waals surface area contributed by atoms with Crippen LogP contribution in [0.15, 0.2) is 24.5 Å². The molecule has 0 radical (unpaired) electrons. The molecule has 0 aliphatic carbocycles. The molecular weight excluding hydrogens is 275 g/mol. The Labute approximate surface area is 111 Å². The third-order valence-electron chi connectivity index (χ3n) is 2.96. The van der Waals surface area contributed by atoms with Gasteiger partial charge in [-0.15, -0.1) is 23.4 Å². The number of fused-ring (bicyclic) bond motifs is 3. The monoisotopic (exact) mass is 283 g/mol. The van der Waals surface area contributed by atoms with Crippen molar-refractivity contribution in [3.05, 3.63) is 35.9 Å². The average molecular weight is 283 g/mol. The van der Waals surface area contributed by atoms with Gasteiger partial charge in [0.15, 0.2) is 5.78 Å². The molecule has 5 nitrogen and oxygen atoms in total. The van der Waals surface area contributed by atoms with Gasteiger partial charge in [-0.1, -0.05) is 0 Å². The van der Waals surface area contributed by atoms with Crippen molar-refractivity contribution in [2.24, 2.45) is 0 Å². The number of alkyl halides is 3. The molecule has 2 heterocycles. The third-order valence-corrected chi connectivity index (χ3v) is 2.96. The number of rotatable bonds is 1. The predicted octanol–water partition coefficient (Wildman–Crippen LogP) is 2.29. The summed E-state index contributed by atoms with van der Waals surface area (Å²) >= 11 is 0. The third kappa shape index (κ3) is 2.24. The highest BCUT2D eigenvalue weighted by atomic mass is 19.4. The van der Waals surface area contributed by atoms with Crippen LogP contribution in [0.3, 0.4) is 0 Å². The van der Waals surface area contributed by atoms with Crippen molar-refractivity contribution in [2.75, 3.05) is 0 Å². The lowest BCUT2D eigenvalue weighted by Crippen LogP contribution is -2.17. The van der Waals surface area contributed by atoms with E-state index in [1.807, 2.05) is 0 Å². The Hall–Kier alpha value is -2.38. The van der Waals surface area contributed by atoms with Crippen molar-refractivity contribution in [1.82, 2.24) is 14.8 Å². The number of ketones is 1. The Morgan fingerprint density at radius 2 is 2.05 bits per heavy atom. The number of Topliss-reactive ketones (excluding diaryl/α,β-unsaturated/α-hetero) is 1. The number of carbonyl (C=O) groups excluding carboxylic acids is 1. The molecule has 0 bridgehead atoms. The molecule has 2 aromatic rings. The summed E-state index contributed by atoms with van der Waals surface area (Å²) in [5.74, 6) is -0.0687. The Morgan fingerprint density at radius 1 is 1.25 bits per heavy atom. The molecule has 0 unspecified atom stereocenters. The van der Waals surface area contributed by atoms with Crippen molar-refractivity contribution in [3.63, 3.8) is 0 Å². The summed E-state index contributed by atoms with van der Waals surface area (Å²) in [6, 6.07) is 3.65. The lowest BCUT2D eigenvalue weighted by Gasteiger charge is -2.12. The van der Waals surface area contributed by atoms with Gasteiger partial charge in [0.2, 0.25) is 0 Å². The molecule has 104 valence electrons. The first-order chi connectivity index (χ1) is 9.44. The number of ether oxygens (including phenoxy) is 1. The molecular formula is C12H8F3N3O2. The number of benzene rings is 1. The lowest BCUT2D eigenvalue weighted by molar-refractivity contribution is -0.274. The van der Waals surface area contributed by atoms with E-state index in [9.17, 15) is 18.0 Å². The van der Waals surface area contributed by atoms with Gasteiger partial charge in [0, 0.05) is 18.4 Å². The number of aryl methyl sites for hydroxylation is 1. The molecule has 1 aliphatic rings. The van der Waals surface area contributed by atoms with Gasteiger partial charge in [0.1, 0.15) is 17.9 Å². The first-order valence-electron chi connectivity index (χ1n) is 5.76. The summed E-state index contributed by atoms with van der Waals surface area (Å²) in [6.07, 6.45) is -2.80. The first kappa shape index (κ1) is 12.6. The van der Waals surface area contributed by atoms with E-state index in [2.05, 4.69) is 14.9 Å². The van der Waals surface area contributed by atoms with Crippen LogP contribution in [-0.2, 0) is 6.42 Å². The van der Waals surface area contributed by atoms with Crippen LogP contribution in [0.2, 0.25) is 0 Å². The maximum Gasteiger partial charge on any atom is 0.573 e. The van der Waals surface area contributed by atoms with Crippen LogP contribution >= 0.6 is 0 Å². The van der Waals surface area contributed by atoms with Crippen molar-refractivity contribution in [2.45, 2.75) is 19.2 Å². The number of nitrogens with zero attached hydrogens (tertiary/aromatic N) is 3. The number of aromatic nitrogens is 3. The van der Waals surface area contributed by atoms with Gasteiger partial charge >= 0.3 is 6.36 Å². The molecule has 0 saturated heterocycles. The molecule has 0 N–H and O–H groups in total. The van der Waals surface area contributed by atoms with Crippen LogP contribution < -0.4 is 4.74 Å². The second-order valence-corrected chi connectivity index (χ2v) is 4.27. The van der Waals surface area contributed by atoms with Crippen molar-refractivity contribution >= 4 is 5.78 Å². The van der Waals surface area contributed by atoms with Crippen LogP contribution in [0, 0.1) is 0 Å². The van der Waals surface area contributed by atoms with Crippen molar-refractivity contribution < 1.29 is 22.7 Å². The van der Waals surface area contributed by atoms with E-state index in [0.717, 1.165) is 12.1 Å². The Bertz CT molecular complexity index is 679. The van der Waals surface area contributed by atoms with Gasteiger partial charge < -0.3 is 4.74 Å². The Morgan fingerprint density at radius 3 is 2.80 bits per heavy atom. The van der Waals surface area contributed by atoms with Crippen LogP contribution in [0.4, 0.5) is 13.2 Å². The number of hydrogen-bond acceptors (Lipinski definition) is 4. The summed E-state index contributed by atoms with van der Waals surface area (Å²) in [4.78, 5) is 12.0. The molecule has 0 fully saturated rings. The van der Waals surface area contributed by atoms with E-state index in [1.165, 1.54) is 12.4 Å². The van der Waals surface area contributed by atoms with E-state index in [-0.39, 0.29) is 17.8 Å². The molecule has 0 spiro atoms. The molecule has 20 heavy (non-hydrogen) atoms. The van der Waals surface area contributed by atoms with E-state index in [1.54, 1.807) is 4.57 Å². The minimum atomic E-state index is -4.79. The zero-order valence-corrected chi connectivity index (χ0v) is 10.0. The summed E-state index contributed by atoms with van der Waals surface area (Å²) in [7, 11) is 0. The van der Waals surface area contributed by atoms with Gasteiger partial charge in [-0.05, 0) is 18.2 Å². The fraction of sp³-hybridized carbons (Fsp3) is 0.250. The van der Waals surface area contributed by atoms with Gasteiger partial charge in [-0.3, -0.25) is 9.36 Å². The van der Waals surface area contributed by atoms with Crippen LogP contribution in [0.25, 0.3) is 5.69 Å². The Kier molecular flexibility index (Phi) is 2.73. The summed E-state index contributed by atoms with van der Waals surface area (Å²) < 4.78 is 42.1. The van der Waals surface area contributed by atoms with Gasteiger partial charge in [0.25, 0.3) is 0 Å². The van der Waals surface area contributed by atoms with Crippen molar-refractivity contribution in [3.8, 4) is 11.4 Å². The minimum absolute atomic E-state index is 0.168. The topological polar surface area (TPSA) is 57.0 Å². The normalized spacial score (nSPS) is 14.4. The fourth-order valence-corrected chi connectivity index (χ4v) is 2.14. The molecule has 1 aliphatic heterocycles. The minimum Gasteiger partial charge on any atom is -0.406 e. The number of carbonyl (C=O) groups is 1. The van der Waals surface area contributed by atoms with E-state index >= 15 is 0 Å². The van der Waals surface area contributed by atoms with Crippen LogP contribution in [0.1, 0.15) is 22.6 Å². The first-order valence-corrected chi connectivity index (χ1v) is 5.76. The second kappa shape index (κ2) is 4.32. The lowest BCUT2D eigenvalue weighted by atomic mass is 10.1. The summed E-state index contributed by atoms with van der Waals surface area (Å²) in [5, 5.41) is 7.62. The largest absolute Gasteiger partial charge is 0.573 e. The standard InChI is InChI=1S/C12H8F3N3O2/c13-12(14,15)20-7-1-2-9-8(5-7)10(19)3-4-11-17-16-6-18(9)11/h1-2,5-6H,3-4H2. The summed E-state index contributed by atoms with van der Waals surface area (Å²) in [6.45, 7) is 0. The second-order valence-electron chi connectivity index (χ2n) is 4.27. The number of halogens is 3. The Balaban J connectivity index is 2.09. The number of hydrogen-bond donors (Lipinski definition) is 0. The molecule has 8 heteroatoms. The average Bonchev–Trinajstić information content (AvgIpc) is 2.77. The maximum absolute atomic E-state index is 12.2. The maximum atomic E-state index is 12.2. The zero-order valence-electron chi connectivity index (χ0n) is 10.0. The highest BCUT2D eigenvalue weighted by molar-refractivity contribution is 6.00. The highest BCUT2D eigenvalue weighted by Gasteiger charge is 2.32. The molecule has 0 saturated carbocycles. The van der Waals surface area contributed by atoms with Crippen LogP contribution in [0.5, 0.6) is 5.75 Å². The SMILES string of the molecule is O=C1CCc2nncn2-c2ccc(OC(F)(F)F)cc21. The molecule has 1 aromatic heterocycles. The molecule has 0 amide bonds. The molecule has 0 atom stereocenters. The fourth-order valence-electron chi connectivity index (χ4n) is 2.14. The summed E-state index contributed by atoms with van der Waals surface area (Å²) in [5.41, 5.74) is 0.632. The molecule has 3 rings (SSSR count). The smallest absolute Gasteiger partial charge is 0.406 e. The van der Waals surface area contributed by atoms with E-state index in [4.69, 9.17) is 0 Å².